The van der Waals surface area contributed by atoms with Crippen molar-refractivity contribution in [3.05, 3.63) is 58.0 Å². The van der Waals surface area contributed by atoms with Gasteiger partial charge in [0, 0.05) is 25.7 Å². The quantitative estimate of drug-likeness (QED) is 0.843. The van der Waals surface area contributed by atoms with Crippen LogP contribution in [-0.4, -0.2) is 35.6 Å². The Morgan fingerprint density at radius 1 is 1.33 bits per heavy atom. The third-order valence-electron chi connectivity index (χ3n) is 3.01. The lowest BCUT2D eigenvalue weighted by molar-refractivity contribution is 0.350. The molecule has 1 heterocycles. The molecule has 1 aromatic heterocycles. The number of nitrogens with zero attached hydrogens (tertiary/aromatic N) is 3. The van der Waals surface area contributed by atoms with Gasteiger partial charge in [-0.05, 0) is 11.6 Å². The van der Waals surface area contributed by atoms with Gasteiger partial charge < -0.3 is 10.0 Å². The first-order chi connectivity index (χ1) is 10.1. The molecule has 0 aliphatic rings. The van der Waals surface area contributed by atoms with Gasteiger partial charge in [0.05, 0.1) is 18.4 Å². The fraction of sp³-hybridized carbons (Fsp3) is 0.250. The highest BCUT2D eigenvalue weighted by atomic mass is 16.2. The van der Waals surface area contributed by atoms with Crippen LogP contribution in [0, 0.1) is 11.8 Å². The molecule has 108 valence electrons. The van der Waals surface area contributed by atoms with E-state index in [0.29, 0.717) is 6.54 Å². The van der Waals surface area contributed by atoms with Crippen LogP contribution in [0.15, 0.2) is 41.3 Å². The van der Waals surface area contributed by atoms with Crippen molar-refractivity contribution < 1.29 is 5.11 Å². The summed E-state index contributed by atoms with van der Waals surface area (Å²) >= 11 is 0. The molecular formula is C16H17N3O2. The largest absolute Gasteiger partial charge is 0.384 e. The van der Waals surface area contributed by atoms with E-state index in [1.807, 2.05) is 43.3 Å². The zero-order chi connectivity index (χ0) is 15.2. The van der Waals surface area contributed by atoms with Gasteiger partial charge in [-0.1, -0.05) is 30.0 Å². The van der Waals surface area contributed by atoms with Crippen molar-refractivity contribution in [1.82, 2.24) is 9.78 Å². The predicted octanol–water partition coefficient (Wildman–Crippen LogP) is 0.701. The minimum atomic E-state index is -0.190. The molecule has 5 heteroatoms. The van der Waals surface area contributed by atoms with E-state index in [1.165, 1.54) is 4.68 Å². The van der Waals surface area contributed by atoms with Crippen LogP contribution in [0.2, 0.25) is 0 Å². The van der Waals surface area contributed by atoms with Crippen molar-refractivity contribution in [3.8, 4) is 11.8 Å². The average Bonchev–Trinajstić information content (AvgIpc) is 2.48. The lowest BCUT2D eigenvalue weighted by Crippen LogP contribution is -2.24. The number of benzene rings is 1. The van der Waals surface area contributed by atoms with Crippen LogP contribution in [0.5, 0.6) is 0 Å². The van der Waals surface area contributed by atoms with Gasteiger partial charge in [-0.2, -0.15) is 5.10 Å². The summed E-state index contributed by atoms with van der Waals surface area (Å²) in [5.41, 5.74) is 2.29. The summed E-state index contributed by atoms with van der Waals surface area (Å²) in [6.07, 6.45) is 1.66. The normalized spacial score (nSPS) is 9.86. The molecule has 0 fully saturated rings. The van der Waals surface area contributed by atoms with E-state index in [2.05, 4.69) is 16.9 Å². The number of aliphatic hydroxyl groups excluding tert-OH is 1. The van der Waals surface area contributed by atoms with E-state index >= 15 is 0 Å². The van der Waals surface area contributed by atoms with Gasteiger partial charge in [-0.25, -0.2) is 4.68 Å². The first-order valence-electron chi connectivity index (χ1n) is 6.54. The molecule has 0 saturated carbocycles. The van der Waals surface area contributed by atoms with Crippen LogP contribution >= 0.6 is 0 Å². The van der Waals surface area contributed by atoms with E-state index in [0.717, 1.165) is 16.8 Å². The van der Waals surface area contributed by atoms with Gasteiger partial charge in [0.15, 0.2) is 0 Å². The fourth-order valence-electron chi connectivity index (χ4n) is 1.86. The van der Waals surface area contributed by atoms with Crippen molar-refractivity contribution in [1.29, 1.82) is 0 Å². The molecule has 21 heavy (non-hydrogen) atoms. The highest BCUT2D eigenvalue weighted by Crippen LogP contribution is 2.09. The second-order valence-corrected chi connectivity index (χ2v) is 4.72. The zero-order valence-electron chi connectivity index (χ0n) is 12.1. The molecule has 0 radical (unpaired) electrons. The molecule has 1 N–H and O–H groups in total. The van der Waals surface area contributed by atoms with Gasteiger partial charge in [-0.15, -0.1) is 0 Å². The second-order valence-electron chi connectivity index (χ2n) is 4.72. The molecule has 1 aromatic carbocycles. The summed E-state index contributed by atoms with van der Waals surface area (Å²) in [6, 6.07) is 9.07. The summed E-state index contributed by atoms with van der Waals surface area (Å²) in [6.45, 7) is 0.160. The van der Waals surface area contributed by atoms with Crippen molar-refractivity contribution in [2.24, 2.45) is 0 Å². The Balaban J connectivity index is 2.33. The van der Waals surface area contributed by atoms with E-state index in [9.17, 15) is 4.79 Å². The van der Waals surface area contributed by atoms with E-state index in [4.69, 9.17) is 5.11 Å². The van der Waals surface area contributed by atoms with Crippen LogP contribution in [0.1, 0.15) is 11.1 Å². The number of aromatic nitrogens is 2. The first-order valence-corrected chi connectivity index (χ1v) is 6.54. The molecule has 0 aliphatic carbocycles. The zero-order valence-corrected chi connectivity index (χ0v) is 12.1. The topological polar surface area (TPSA) is 58.4 Å². The molecule has 0 spiro atoms. The summed E-state index contributed by atoms with van der Waals surface area (Å²) in [7, 11) is 3.72. The summed E-state index contributed by atoms with van der Waals surface area (Å²) in [5.74, 6) is 5.50. The molecule has 2 aromatic rings. The van der Waals surface area contributed by atoms with Gasteiger partial charge in [-0.3, -0.25) is 4.79 Å². The molecule has 0 atom stereocenters. The van der Waals surface area contributed by atoms with Gasteiger partial charge in [0.1, 0.15) is 6.61 Å². The van der Waals surface area contributed by atoms with Crippen molar-refractivity contribution in [3.63, 3.8) is 0 Å². The Bertz CT molecular complexity index is 739. The number of rotatable bonds is 3. The van der Waals surface area contributed by atoms with Gasteiger partial charge in [0.2, 0.25) is 0 Å². The molecule has 0 saturated heterocycles. The highest BCUT2D eigenvalue weighted by molar-refractivity contribution is 5.42. The molecule has 0 aliphatic heterocycles. The maximum Gasteiger partial charge on any atom is 0.269 e. The third-order valence-corrected chi connectivity index (χ3v) is 3.01. The summed E-state index contributed by atoms with van der Waals surface area (Å²) < 4.78 is 1.40. The van der Waals surface area contributed by atoms with E-state index < -0.39 is 0 Å². The highest BCUT2D eigenvalue weighted by Gasteiger charge is 2.05. The summed E-state index contributed by atoms with van der Waals surface area (Å²) in [4.78, 5) is 13.9. The Labute approximate surface area is 123 Å². The molecule has 2 rings (SSSR count). The lowest BCUT2D eigenvalue weighted by atomic mass is 10.1. The van der Waals surface area contributed by atoms with Crippen molar-refractivity contribution in [2.75, 3.05) is 25.6 Å². The minimum absolute atomic E-state index is 0.161. The van der Waals surface area contributed by atoms with Gasteiger partial charge >= 0.3 is 0 Å². The molecule has 0 unspecified atom stereocenters. The summed E-state index contributed by atoms with van der Waals surface area (Å²) in [5, 5.41) is 13.0. The SMILES string of the molecule is CN(C)c1cnn(Cc2ccccc2C#CCO)c(=O)c1. The Hall–Kier alpha value is -2.58. The maximum atomic E-state index is 12.1. The van der Waals surface area contributed by atoms with Crippen LogP contribution in [0.25, 0.3) is 0 Å². The van der Waals surface area contributed by atoms with Crippen LogP contribution < -0.4 is 10.5 Å². The minimum Gasteiger partial charge on any atom is -0.384 e. The monoisotopic (exact) mass is 283 g/mol. The van der Waals surface area contributed by atoms with Crippen LogP contribution in [-0.2, 0) is 6.54 Å². The average molecular weight is 283 g/mol. The van der Waals surface area contributed by atoms with Crippen molar-refractivity contribution in [2.45, 2.75) is 6.54 Å². The fourth-order valence-corrected chi connectivity index (χ4v) is 1.86. The molecular weight excluding hydrogens is 266 g/mol. The van der Waals surface area contributed by atoms with E-state index in [-0.39, 0.29) is 12.2 Å². The van der Waals surface area contributed by atoms with E-state index in [1.54, 1.807) is 12.3 Å². The maximum absolute atomic E-state index is 12.1. The molecule has 0 amide bonds. The molecule has 0 bridgehead atoms. The predicted molar refractivity (Wildman–Crippen MR) is 82.3 cm³/mol. The Morgan fingerprint density at radius 2 is 2.10 bits per heavy atom. The third kappa shape index (κ3) is 3.71. The smallest absolute Gasteiger partial charge is 0.269 e. The van der Waals surface area contributed by atoms with Crippen molar-refractivity contribution >= 4 is 5.69 Å². The number of hydrogen-bond acceptors (Lipinski definition) is 4. The Morgan fingerprint density at radius 3 is 2.76 bits per heavy atom. The van der Waals surface area contributed by atoms with Crippen LogP contribution in [0.3, 0.4) is 0 Å². The number of anilines is 1. The molecule has 5 nitrogen and oxygen atoms in total. The number of hydrogen-bond donors (Lipinski definition) is 1. The van der Waals surface area contributed by atoms with Crippen LogP contribution in [0.4, 0.5) is 5.69 Å². The number of aliphatic hydroxyl groups is 1. The van der Waals surface area contributed by atoms with Gasteiger partial charge in [0.25, 0.3) is 5.56 Å². The second kappa shape index (κ2) is 6.73. The standard InChI is InChI=1S/C16H17N3O2/c1-18(2)15-10-16(21)19(17-11-15)12-14-7-4-3-6-13(14)8-5-9-20/h3-4,6-7,10-11,20H,9,12H2,1-2H3. The lowest BCUT2D eigenvalue weighted by Gasteiger charge is -2.12. The Kier molecular flexibility index (Phi) is 4.75. The first kappa shape index (κ1) is 14.8.